The zero-order valence-corrected chi connectivity index (χ0v) is 11.3. The van der Waals surface area contributed by atoms with E-state index in [2.05, 4.69) is 4.99 Å². The molecule has 1 aromatic rings. The van der Waals surface area contributed by atoms with Gasteiger partial charge in [-0.05, 0) is 24.1 Å². The van der Waals surface area contributed by atoms with E-state index in [4.69, 9.17) is 11.5 Å². The number of guanidine groups is 1. The Bertz CT molecular complexity index is 649. The number of hydrogen-bond donors (Lipinski definition) is 2. The number of carbonyl (C=O) groups is 1. The van der Waals surface area contributed by atoms with Gasteiger partial charge in [0.05, 0.1) is 0 Å². The number of amides is 1. The van der Waals surface area contributed by atoms with Crippen LogP contribution in [0, 0.1) is 5.82 Å². The van der Waals surface area contributed by atoms with Crippen LogP contribution in [0.15, 0.2) is 22.0 Å². The first kappa shape index (κ1) is 15.1. The number of benzene rings is 1. The van der Waals surface area contributed by atoms with Gasteiger partial charge in [-0.1, -0.05) is 6.92 Å². The lowest BCUT2D eigenvalue weighted by Crippen LogP contribution is -2.24. The van der Waals surface area contributed by atoms with Crippen LogP contribution in [-0.4, -0.2) is 26.5 Å². The third-order valence-electron chi connectivity index (χ3n) is 2.40. The average Bonchev–Trinajstić information content (AvgIpc) is 2.25. The summed E-state index contributed by atoms with van der Waals surface area (Å²) in [6, 6.07) is 1.96. The van der Waals surface area contributed by atoms with Crippen LogP contribution in [-0.2, 0) is 16.3 Å². The maximum absolute atomic E-state index is 13.7. The summed E-state index contributed by atoms with van der Waals surface area (Å²) in [5.74, 6) is -2.15. The molecule has 0 aromatic heterocycles. The largest absolute Gasteiger partial charge is 0.370 e. The highest BCUT2D eigenvalue weighted by molar-refractivity contribution is 7.90. The fourth-order valence-electron chi connectivity index (χ4n) is 1.55. The molecule has 4 N–H and O–H groups in total. The molecule has 104 valence electrons. The van der Waals surface area contributed by atoms with Crippen LogP contribution in [0.4, 0.5) is 4.39 Å². The molecule has 0 spiro atoms. The van der Waals surface area contributed by atoms with E-state index in [0.717, 1.165) is 18.4 Å². The topological polar surface area (TPSA) is 116 Å². The Morgan fingerprint density at radius 3 is 2.37 bits per heavy atom. The van der Waals surface area contributed by atoms with Crippen LogP contribution in [0.3, 0.4) is 0 Å². The van der Waals surface area contributed by atoms with Crippen molar-refractivity contribution >= 4 is 21.7 Å². The lowest BCUT2D eigenvalue weighted by Gasteiger charge is -2.08. The summed E-state index contributed by atoms with van der Waals surface area (Å²) in [7, 11) is -3.78. The van der Waals surface area contributed by atoms with Gasteiger partial charge in [0.1, 0.15) is 10.7 Å². The lowest BCUT2D eigenvalue weighted by molar-refractivity contribution is 0.100. The van der Waals surface area contributed by atoms with Crippen molar-refractivity contribution in [3.63, 3.8) is 0 Å². The third-order valence-corrected chi connectivity index (χ3v) is 3.51. The Morgan fingerprint density at radius 1 is 1.37 bits per heavy atom. The molecule has 0 aliphatic rings. The van der Waals surface area contributed by atoms with Crippen molar-refractivity contribution in [3.05, 3.63) is 29.1 Å². The fourth-order valence-corrected chi connectivity index (χ4v) is 2.29. The molecule has 1 rings (SSSR count). The maximum atomic E-state index is 13.7. The van der Waals surface area contributed by atoms with Crippen molar-refractivity contribution in [1.29, 1.82) is 0 Å². The van der Waals surface area contributed by atoms with Crippen molar-refractivity contribution in [2.45, 2.75) is 18.2 Å². The van der Waals surface area contributed by atoms with Crippen LogP contribution in [0.5, 0.6) is 0 Å². The summed E-state index contributed by atoms with van der Waals surface area (Å²) < 4.78 is 36.5. The van der Waals surface area contributed by atoms with Crippen molar-refractivity contribution in [3.8, 4) is 0 Å². The second-order valence-corrected chi connectivity index (χ2v) is 5.89. The van der Waals surface area contributed by atoms with Crippen molar-refractivity contribution in [1.82, 2.24) is 0 Å². The second-order valence-electron chi connectivity index (χ2n) is 3.91. The van der Waals surface area contributed by atoms with E-state index < -0.39 is 32.4 Å². The lowest BCUT2D eigenvalue weighted by atomic mass is 10.0. The van der Waals surface area contributed by atoms with E-state index in [0.29, 0.717) is 12.0 Å². The molecular weight excluding hydrogens is 273 g/mol. The number of carbonyl (C=O) groups excluding carboxylic acids is 1. The van der Waals surface area contributed by atoms with Gasteiger partial charge in [-0.2, -0.15) is 4.99 Å². The summed E-state index contributed by atoms with van der Waals surface area (Å²) in [4.78, 5) is 14.5. The molecule has 0 fully saturated rings. The number of aryl methyl sites for hydroxylation is 1. The third kappa shape index (κ3) is 3.50. The molecule has 0 atom stereocenters. The molecule has 0 bridgehead atoms. The monoisotopic (exact) mass is 287 g/mol. The molecule has 0 aliphatic carbocycles. The minimum absolute atomic E-state index is 0.0299. The number of aliphatic imine (C=N–C) groups is 1. The predicted molar refractivity (Wildman–Crippen MR) is 69.0 cm³/mol. The Morgan fingerprint density at radius 2 is 1.95 bits per heavy atom. The molecule has 1 aromatic carbocycles. The number of nitrogens with zero attached hydrogens (tertiary/aromatic N) is 1. The summed E-state index contributed by atoms with van der Waals surface area (Å²) in [5.41, 5.74) is 10.5. The van der Waals surface area contributed by atoms with Gasteiger partial charge >= 0.3 is 0 Å². The summed E-state index contributed by atoms with van der Waals surface area (Å²) in [6.45, 7) is 1.70. The van der Waals surface area contributed by atoms with Gasteiger partial charge < -0.3 is 11.5 Å². The van der Waals surface area contributed by atoms with Crippen LogP contribution in [0.25, 0.3) is 0 Å². The molecule has 0 saturated heterocycles. The Labute approximate surface area is 110 Å². The van der Waals surface area contributed by atoms with Gasteiger partial charge in [0.2, 0.25) is 0 Å². The van der Waals surface area contributed by atoms with E-state index in [9.17, 15) is 17.6 Å². The number of nitrogens with two attached hydrogens (primary N) is 2. The van der Waals surface area contributed by atoms with Crippen LogP contribution in [0.1, 0.15) is 22.8 Å². The SMILES string of the molecule is CCc1cc(F)c(S(C)(=O)=O)cc1C(=O)N=C(N)N. The molecule has 8 heteroatoms. The van der Waals surface area contributed by atoms with E-state index >= 15 is 0 Å². The van der Waals surface area contributed by atoms with Crippen LogP contribution >= 0.6 is 0 Å². The van der Waals surface area contributed by atoms with Gasteiger partial charge in [-0.3, -0.25) is 4.79 Å². The first-order chi connectivity index (χ1) is 8.66. The second kappa shape index (κ2) is 5.35. The van der Waals surface area contributed by atoms with Crippen LogP contribution in [0.2, 0.25) is 0 Å². The number of rotatable bonds is 3. The van der Waals surface area contributed by atoms with Gasteiger partial charge in [0, 0.05) is 11.8 Å². The predicted octanol–water partition coefficient (Wildman–Crippen LogP) is 0.205. The highest BCUT2D eigenvalue weighted by atomic mass is 32.2. The van der Waals surface area contributed by atoms with E-state index in [1.807, 2.05) is 0 Å². The van der Waals surface area contributed by atoms with Crippen LogP contribution < -0.4 is 11.5 Å². The molecule has 0 heterocycles. The smallest absolute Gasteiger partial charge is 0.280 e. The van der Waals surface area contributed by atoms with Gasteiger partial charge in [-0.15, -0.1) is 0 Å². The zero-order chi connectivity index (χ0) is 14.8. The zero-order valence-electron chi connectivity index (χ0n) is 10.5. The molecule has 19 heavy (non-hydrogen) atoms. The first-order valence-corrected chi connectivity index (χ1v) is 7.22. The first-order valence-electron chi connectivity index (χ1n) is 5.33. The van der Waals surface area contributed by atoms with Gasteiger partial charge in [0.25, 0.3) is 5.91 Å². The highest BCUT2D eigenvalue weighted by Crippen LogP contribution is 2.21. The van der Waals surface area contributed by atoms with E-state index in [1.165, 1.54) is 0 Å². The summed E-state index contributed by atoms with van der Waals surface area (Å²) >= 11 is 0. The summed E-state index contributed by atoms with van der Waals surface area (Å²) in [5, 5.41) is 0. The van der Waals surface area contributed by atoms with Crippen molar-refractivity contribution in [2.24, 2.45) is 16.5 Å². The summed E-state index contributed by atoms with van der Waals surface area (Å²) in [6.07, 6.45) is 1.19. The number of halogens is 1. The molecule has 0 saturated carbocycles. The molecule has 6 nitrogen and oxygen atoms in total. The number of hydrogen-bond acceptors (Lipinski definition) is 3. The molecule has 1 amide bonds. The van der Waals surface area contributed by atoms with Crippen molar-refractivity contribution in [2.75, 3.05) is 6.26 Å². The standard InChI is InChI=1S/C11H14FN3O3S/c1-3-6-4-8(12)9(19(2,17)18)5-7(6)10(16)15-11(13)14/h4-5H,3H2,1-2H3,(H4,13,14,15,16). The van der Waals surface area contributed by atoms with Crippen molar-refractivity contribution < 1.29 is 17.6 Å². The minimum atomic E-state index is -3.78. The molecule has 0 radical (unpaired) electrons. The fraction of sp³-hybridized carbons (Fsp3) is 0.273. The maximum Gasteiger partial charge on any atom is 0.280 e. The highest BCUT2D eigenvalue weighted by Gasteiger charge is 2.20. The normalized spacial score (nSPS) is 11.1. The molecular formula is C11H14FN3O3S. The quantitative estimate of drug-likeness (QED) is 0.609. The van der Waals surface area contributed by atoms with Gasteiger partial charge in [-0.25, -0.2) is 12.8 Å². The Balaban J connectivity index is 3.55. The molecule has 0 unspecified atom stereocenters. The minimum Gasteiger partial charge on any atom is -0.370 e. The van der Waals surface area contributed by atoms with E-state index in [1.54, 1.807) is 6.92 Å². The van der Waals surface area contributed by atoms with E-state index in [-0.39, 0.29) is 5.56 Å². The molecule has 0 aliphatic heterocycles. The average molecular weight is 287 g/mol. The number of sulfone groups is 1. The Hall–Kier alpha value is -1.96. The van der Waals surface area contributed by atoms with Gasteiger partial charge in [0.15, 0.2) is 15.8 Å². The Kier molecular flexibility index (Phi) is 4.25.